The standard InChI is InChI=1S/C21H45NO2.BrH/c1-5-7-8-9-10-11-12-13-14-15-16-17-18-24-20(6-2)22-21(23)19(3)4;/h19-23H,5-18H2,1-4H3;1H. The SMILES string of the molecule is CCCCCCCCCCCCCCOC(CC)[NH2+]C(O)C(C)C.[Br-]. The van der Waals surface area contributed by atoms with E-state index in [9.17, 15) is 5.11 Å². The van der Waals surface area contributed by atoms with E-state index in [2.05, 4.69) is 13.8 Å². The molecule has 0 rings (SSSR count). The predicted molar refractivity (Wildman–Crippen MR) is 104 cm³/mol. The van der Waals surface area contributed by atoms with Crippen LogP contribution >= 0.6 is 0 Å². The molecule has 0 aliphatic rings. The summed E-state index contributed by atoms with van der Waals surface area (Å²) in [4.78, 5) is 0. The minimum Gasteiger partial charge on any atom is -1.00 e. The van der Waals surface area contributed by atoms with E-state index in [0.717, 1.165) is 19.4 Å². The van der Waals surface area contributed by atoms with Gasteiger partial charge in [0.25, 0.3) is 0 Å². The number of rotatable bonds is 18. The number of halogens is 1. The Labute approximate surface area is 168 Å². The van der Waals surface area contributed by atoms with Crippen LogP contribution in [0.4, 0.5) is 0 Å². The Morgan fingerprint density at radius 2 is 1.20 bits per heavy atom. The van der Waals surface area contributed by atoms with Crippen LogP contribution in [0.2, 0.25) is 0 Å². The highest BCUT2D eigenvalue weighted by Crippen LogP contribution is 2.12. The van der Waals surface area contributed by atoms with Gasteiger partial charge in [0.15, 0.2) is 12.5 Å². The molecule has 0 saturated heterocycles. The molecule has 2 unspecified atom stereocenters. The number of quaternary nitrogens is 1. The summed E-state index contributed by atoms with van der Waals surface area (Å²) in [5.41, 5.74) is 0. The van der Waals surface area contributed by atoms with Crippen LogP contribution in [0.25, 0.3) is 0 Å². The molecular weight excluding hydrogens is 378 g/mol. The van der Waals surface area contributed by atoms with Crippen molar-refractivity contribution in [1.29, 1.82) is 0 Å². The molecular formula is C21H46BrNO2. The lowest BCUT2D eigenvalue weighted by Crippen LogP contribution is -3.00. The number of hydrogen-bond acceptors (Lipinski definition) is 2. The fraction of sp³-hybridized carbons (Fsp3) is 1.00. The van der Waals surface area contributed by atoms with Crippen molar-refractivity contribution in [3.63, 3.8) is 0 Å². The van der Waals surface area contributed by atoms with Crippen molar-refractivity contribution >= 4 is 0 Å². The molecule has 0 heterocycles. The minimum absolute atomic E-state index is 0. The van der Waals surface area contributed by atoms with E-state index in [0.29, 0.717) is 0 Å². The highest BCUT2D eigenvalue weighted by molar-refractivity contribution is 4.49. The monoisotopic (exact) mass is 423 g/mol. The highest BCUT2D eigenvalue weighted by atomic mass is 79.9. The Balaban J connectivity index is 0. The van der Waals surface area contributed by atoms with Gasteiger partial charge in [0.2, 0.25) is 0 Å². The summed E-state index contributed by atoms with van der Waals surface area (Å²) in [6.07, 6.45) is 17.2. The second kappa shape index (κ2) is 20.7. The number of aliphatic hydroxyl groups excluding tert-OH is 1. The molecule has 0 bridgehead atoms. The quantitative estimate of drug-likeness (QED) is 0.261. The molecule has 25 heavy (non-hydrogen) atoms. The fourth-order valence-electron chi connectivity index (χ4n) is 2.93. The minimum atomic E-state index is -0.350. The molecule has 0 aliphatic heterocycles. The molecule has 0 aromatic rings. The van der Waals surface area contributed by atoms with Crippen LogP contribution in [0, 0.1) is 5.92 Å². The van der Waals surface area contributed by atoms with Crippen LogP contribution in [0.5, 0.6) is 0 Å². The van der Waals surface area contributed by atoms with Crippen LogP contribution < -0.4 is 22.3 Å². The van der Waals surface area contributed by atoms with Crippen molar-refractivity contribution < 1.29 is 32.1 Å². The Morgan fingerprint density at radius 1 is 0.760 bits per heavy atom. The lowest BCUT2D eigenvalue weighted by Gasteiger charge is -2.20. The third-order valence-electron chi connectivity index (χ3n) is 4.83. The molecule has 3 nitrogen and oxygen atoms in total. The van der Waals surface area contributed by atoms with Crippen molar-refractivity contribution in [2.24, 2.45) is 5.92 Å². The van der Waals surface area contributed by atoms with Gasteiger partial charge in [0, 0.05) is 12.3 Å². The normalized spacial score (nSPS) is 13.7. The van der Waals surface area contributed by atoms with E-state index in [1.807, 2.05) is 19.2 Å². The van der Waals surface area contributed by atoms with Gasteiger partial charge in [-0.15, -0.1) is 0 Å². The van der Waals surface area contributed by atoms with E-state index in [1.165, 1.54) is 70.6 Å². The van der Waals surface area contributed by atoms with Gasteiger partial charge in [-0.3, -0.25) is 5.32 Å². The number of ether oxygens (including phenoxy) is 1. The van der Waals surface area contributed by atoms with E-state index in [-0.39, 0.29) is 35.4 Å². The number of nitrogens with two attached hydrogens (primary N) is 1. The van der Waals surface area contributed by atoms with Gasteiger partial charge >= 0.3 is 0 Å². The zero-order chi connectivity index (χ0) is 18.0. The number of hydrogen-bond donors (Lipinski definition) is 2. The van der Waals surface area contributed by atoms with Crippen LogP contribution in [-0.4, -0.2) is 24.2 Å². The molecule has 4 heteroatoms. The lowest BCUT2D eigenvalue weighted by atomic mass is 10.1. The topological polar surface area (TPSA) is 46.1 Å². The Morgan fingerprint density at radius 3 is 1.60 bits per heavy atom. The van der Waals surface area contributed by atoms with Crippen molar-refractivity contribution in [2.75, 3.05) is 6.61 Å². The van der Waals surface area contributed by atoms with E-state index >= 15 is 0 Å². The zero-order valence-electron chi connectivity index (χ0n) is 17.4. The Hall–Kier alpha value is 0.360. The molecule has 0 fully saturated rings. The van der Waals surface area contributed by atoms with Crippen LogP contribution in [0.1, 0.15) is 111 Å². The van der Waals surface area contributed by atoms with Gasteiger partial charge in [-0.2, -0.15) is 0 Å². The summed E-state index contributed by atoms with van der Waals surface area (Å²) in [6, 6.07) is 0. The number of unbranched alkanes of at least 4 members (excludes halogenated alkanes) is 11. The predicted octanol–water partition coefficient (Wildman–Crippen LogP) is 1.98. The van der Waals surface area contributed by atoms with Gasteiger partial charge < -0.3 is 26.8 Å². The van der Waals surface area contributed by atoms with Gasteiger partial charge in [-0.1, -0.05) is 98.3 Å². The molecule has 2 atom stereocenters. The molecule has 0 spiro atoms. The smallest absolute Gasteiger partial charge is 0.191 e. The largest absolute Gasteiger partial charge is 1.00 e. The number of aliphatic hydroxyl groups is 1. The van der Waals surface area contributed by atoms with Gasteiger partial charge in [0.05, 0.1) is 6.61 Å². The summed E-state index contributed by atoms with van der Waals surface area (Å²) in [5, 5.41) is 11.9. The van der Waals surface area contributed by atoms with E-state index in [4.69, 9.17) is 4.74 Å². The third-order valence-corrected chi connectivity index (χ3v) is 4.83. The van der Waals surface area contributed by atoms with Gasteiger partial charge in [0.1, 0.15) is 0 Å². The molecule has 0 saturated carbocycles. The maximum Gasteiger partial charge on any atom is 0.191 e. The molecule has 0 amide bonds. The van der Waals surface area contributed by atoms with Gasteiger partial charge in [-0.25, -0.2) is 0 Å². The highest BCUT2D eigenvalue weighted by Gasteiger charge is 2.18. The Kier molecular flexibility index (Phi) is 22.8. The molecule has 154 valence electrons. The molecule has 3 N–H and O–H groups in total. The fourth-order valence-corrected chi connectivity index (χ4v) is 2.93. The Bertz CT molecular complexity index is 252. The summed E-state index contributed by atoms with van der Waals surface area (Å²) in [5.74, 6) is 0.272. The summed E-state index contributed by atoms with van der Waals surface area (Å²) < 4.78 is 5.89. The van der Waals surface area contributed by atoms with Gasteiger partial charge in [-0.05, 0) is 6.42 Å². The first-order valence-corrected chi connectivity index (χ1v) is 10.8. The first-order chi connectivity index (χ1) is 11.6. The van der Waals surface area contributed by atoms with Crippen LogP contribution in [-0.2, 0) is 4.74 Å². The molecule has 0 radical (unpaired) electrons. The first kappa shape index (κ1) is 27.6. The maximum atomic E-state index is 9.90. The zero-order valence-corrected chi connectivity index (χ0v) is 19.0. The van der Waals surface area contributed by atoms with Crippen LogP contribution in [0.15, 0.2) is 0 Å². The average Bonchev–Trinajstić information content (AvgIpc) is 2.57. The average molecular weight is 425 g/mol. The second-order valence-electron chi connectivity index (χ2n) is 7.63. The molecule has 0 aliphatic carbocycles. The van der Waals surface area contributed by atoms with Crippen molar-refractivity contribution in [3.8, 4) is 0 Å². The summed E-state index contributed by atoms with van der Waals surface area (Å²) >= 11 is 0. The third kappa shape index (κ3) is 18.9. The first-order valence-electron chi connectivity index (χ1n) is 10.8. The van der Waals surface area contributed by atoms with Crippen molar-refractivity contribution in [1.82, 2.24) is 0 Å². The molecule has 0 aromatic carbocycles. The molecule has 0 aromatic heterocycles. The van der Waals surface area contributed by atoms with E-state index in [1.54, 1.807) is 0 Å². The van der Waals surface area contributed by atoms with E-state index < -0.39 is 0 Å². The summed E-state index contributed by atoms with van der Waals surface area (Å²) in [7, 11) is 0. The maximum absolute atomic E-state index is 9.90. The lowest BCUT2D eigenvalue weighted by molar-refractivity contribution is -0.789. The van der Waals surface area contributed by atoms with Crippen molar-refractivity contribution in [3.05, 3.63) is 0 Å². The van der Waals surface area contributed by atoms with Crippen LogP contribution in [0.3, 0.4) is 0 Å². The second-order valence-corrected chi connectivity index (χ2v) is 7.63. The summed E-state index contributed by atoms with van der Waals surface area (Å²) in [6.45, 7) is 9.31. The van der Waals surface area contributed by atoms with Crippen molar-refractivity contribution in [2.45, 2.75) is 124 Å².